The maximum atomic E-state index is 12.9. The van der Waals surface area contributed by atoms with Crippen LogP contribution in [0.15, 0.2) is 46.7 Å². The van der Waals surface area contributed by atoms with Crippen LogP contribution in [-0.2, 0) is 12.7 Å². The Morgan fingerprint density at radius 2 is 1.96 bits per heavy atom. The Morgan fingerprint density at radius 3 is 2.62 bits per heavy atom. The van der Waals surface area contributed by atoms with Gasteiger partial charge in [-0.25, -0.2) is 4.98 Å². The molecule has 0 saturated carbocycles. The Bertz CT molecular complexity index is 980. The van der Waals surface area contributed by atoms with E-state index in [4.69, 9.17) is 11.6 Å². The van der Waals surface area contributed by atoms with Gasteiger partial charge in [-0.3, -0.25) is 4.79 Å². The lowest BCUT2D eigenvalue weighted by Crippen LogP contribution is -2.23. The van der Waals surface area contributed by atoms with E-state index in [1.807, 2.05) is 31.2 Å². The van der Waals surface area contributed by atoms with Crippen molar-refractivity contribution in [2.45, 2.75) is 19.6 Å². The molecule has 2 aromatic heterocycles. The second kappa shape index (κ2) is 7.13. The molecule has 0 spiro atoms. The Kier molecular flexibility index (Phi) is 5.06. The summed E-state index contributed by atoms with van der Waals surface area (Å²) in [5.74, 6) is 0. The molecule has 0 aliphatic carbocycles. The normalized spacial score (nSPS) is 11.6. The fraction of sp³-hybridized carbons (Fsp3) is 0.176. The third-order valence-electron chi connectivity index (χ3n) is 3.56. The summed E-state index contributed by atoms with van der Waals surface area (Å²) < 4.78 is 39.6. The molecule has 4 nitrogen and oxygen atoms in total. The van der Waals surface area contributed by atoms with E-state index >= 15 is 0 Å². The molecule has 0 aliphatic rings. The summed E-state index contributed by atoms with van der Waals surface area (Å²) in [5, 5.41) is 4.89. The fourth-order valence-electron chi connectivity index (χ4n) is 2.24. The summed E-state index contributed by atoms with van der Waals surface area (Å²) in [7, 11) is 0. The van der Waals surface area contributed by atoms with E-state index in [1.54, 1.807) is 5.38 Å². The van der Waals surface area contributed by atoms with Gasteiger partial charge in [0.25, 0.3) is 5.56 Å². The molecule has 136 valence electrons. The first kappa shape index (κ1) is 18.5. The van der Waals surface area contributed by atoms with Crippen LogP contribution in [-0.4, -0.2) is 9.55 Å². The standard InChI is InChI=1S/C17H13ClF3N3OS/c1-10-2-4-12(5-3-10)22-16-23-13(9-26-16)8-24-7-11(17(19,20)21)6-14(18)15(24)25/h2-7,9H,8H2,1H3,(H,22,23). The fourth-order valence-corrected chi connectivity index (χ4v) is 3.19. The first-order chi connectivity index (χ1) is 12.2. The van der Waals surface area contributed by atoms with Crippen molar-refractivity contribution >= 4 is 33.8 Å². The molecule has 0 amide bonds. The van der Waals surface area contributed by atoms with Gasteiger partial charge >= 0.3 is 6.18 Å². The zero-order valence-electron chi connectivity index (χ0n) is 13.5. The second-order valence-electron chi connectivity index (χ2n) is 5.64. The largest absolute Gasteiger partial charge is 0.417 e. The van der Waals surface area contributed by atoms with Crippen molar-refractivity contribution in [1.29, 1.82) is 0 Å². The summed E-state index contributed by atoms with van der Waals surface area (Å²) in [6, 6.07) is 8.31. The molecule has 0 atom stereocenters. The average molecular weight is 400 g/mol. The van der Waals surface area contributed by atoms with Crippen LogP contribution in [0.4, 0.5) is 24.0 Å². The third-order valence-corrected chi connectivity index (χ3v) is 4.63. The van der Waals surface area contributed by atoms with Crippen LogP contribution in [0, 0.1) is 6.92 Å². The number of thiazole rings is 1. The van der Waals surface area contributed by atoms with Crippen molar-refractivity contribution in [3.05, 3.63) is 74.1 Å². The molecule has 0 unspecified atom stereocenters. The number of rotatable bonds is 4. The predicted molar refractivity (Wildman–Crippen MR) is 96.4 cm³/mol. The highest BCUT2D eigenvalue weighted by Crippen LogP contribution is 2.30. The van der Waals surface area contributed by atoms with Crippen LogP contribution in [0.1, 0.15) is 16.8 Å². The molecule has 0 bridgehead atoms. The van der Waals surface area contributed by atoms with E-state index in [-0.39, 0.29) is 6.54 Å². The number of nitrogens with one attached hydrogen (secondary N) is 1. The number of aromatic nitrogens is 2. The van der Waals surface area contributed by atoms with Crippen molar-refractivity contribution in [3.8, 4) is 0 Å². The molecular weight excluding hydrogens is 387 g/mol. The Hall–Kier alpha value is -2.32. The molecule has 0 radical (unpaired) electrons. The van der Waals surface area contributed by atoms with E-state index in [9.17, 15) is 18.0 Å². The number of halogens is 4. The Balaban J connectivity index is 1.82. The van der Waals surface area contributed by atoms with Crippen molar-refractivity contribution in [2.24, 2.45) is 0 Å². The van der Waals surface area contributed by atoms with Gasteiger partial charge in [-0.1, -0.05) is 29.3 Å². The van der Waals surface area contributed by atoms with Crippen LogP contribution in [0.25, 0.3) is 0 Å². The smallest absolute Gasteiger partial charge is 0.332 e. The van der Waals surface area contributed by atoms with Crippen LogP contribution in [0.3, 0.4) is 0 Å². The van der Waals surface area contributed by atoms with E-state index in [1.165, 1.54) is 11.3 Å². The molecule has 1 aromatic carbocycles. The number of hydrogen-bond donors (Lipinski definition) is 1. The van der Waals surface area contributed by atoms with Crippen molar-refractivity contribution in [3.63, 3.8) is 0 Å². The second-order valence-corrected chi connectivity index (χ2v) is 6.91. The molecule has 3 aromatic rings. The lowest BCUT2D eigenvalue weighted by atomic mass is 10.2. The molecule has 0 aliphatic heterocycles. The van der Waals surface area contributed by atoms with Gasteiger partial charge < -0.3 is 9.88 Å². The first-order valence-corrected chi connectivity index (χ1v) is 8.73. The van der Waals surface area contributed by atoms with Gasteiger partial charge in [0.2, 0.25) is 0 Å². The van der Waals surface area contributed by atoms with Gasteiger partial charge in [-0.15, -0.1) is 11.3 Å². The van der Waals surface area contributed by atoms with Crippen molar-refractivity contribution in [1.82, 2.24) is 9.55 Å². The minimum Gasteiger partial charge on any atom is -0.332 e. The maximum absolute atomic E-state index is 12.9. The molecule has 1 N–H and O–H groups in total. The summed E-state index contributed by atoms with van der Waals surface area (Å²) in [6.07, 6.45) is -3.83. The van der Waals surface area contributed by atoms with E-state index in [2.05, 4.69) is 10.3 Å². The Labute approximate surface area is 155 Å². The zero-order valence-corrected chi connectivity index (χ0v) is 15.0. The molecule has 0 fully saturated rings. The van der Waals surface area contributed by atoms with Crippen LogP contribution < -0.4 is 10.9 Å². The number of benzene rings is 1. The van der Waals surface area contributed by atoms with Gasteiger partial charge in [-0.2, -0.15) is 13.2 Å². The minimum atomic E-state index is -4.58. The van der Waals surface area contributed by atoms with Crippen molar-refractivity contribution < 1.29 is 13.2 Å². The first-order valence-electron chi connectivity index (χ1n) is 7.47. The quantitative estimate of drug-likeness (QED) is 0.665. The third kappa shape index (κ3) is 4.25. The zero-order chi connectivity index (χ0) is 18.9. The van der Waals surface area contributed by atoms with Gasteiger partial charge in [0.1, 0.15) is 5.02 Å². The molecular formula is C17H13ClF3N3OS. The summed E-state index contributed by atoms with van der Waals surface area (Å²) in [6.45, 7) is 1.87. The average Bonchev–Trinajstić information content (AvgIpc) is 3.00. The van der Waals surface area contributed by atoms with Gasteiger partial charge in [0.15, 0.2) is 5.13 Å². The molecule has 0 saturated heterocycles. The maximum Gasteiger partial charge on any atom is 0.417 e. The van der Waals surface area contributed by atoms with Gasteiger partial charge in [-0.05, 0) is 25.1 Å². The van der Waals surface area contributed by atoms with Crippen molar-refractivity contribution in [2.75, 3.05) is 5.32 Å². The van der Waals surface area contributed by atoms with E-state index in [0.717, 1.165) is 22.0 Å². The summed E-state index contributed by atoms with van der Waals surface area (Å²) >= 11 is 6.95. The summed E-state index contributed by atoms with van der Waals surface area (Å²) in [5.41, 5.74) is 0.755. The van der Waals surface area contributed by atoms with E-state index in [0.29, 0.717) is 16.9 Å². The highest BCUT2D eigenvalue weighted by Gasteiger charge is 2.32. The lowest BCUT2D eigenvalue weighted by molar-refractivity contribution is -0.138. The van der Waals surface area contributed by atoms with Crippen LogP contribution >= 0.6 is 22.9 Å². The predicted octanol–water partition coefficient (Wildman–Crippen LogP) is 5.08. The number of aryl methyl sites for hydroxylation is 1. The Morgan fingerprint density at radius 1 is 1.27 bits per heavy atom. The topological polar surface area (TPSA) is 46.9 Å². The highest BCUT2D eigenvalue weighted by molar-refractivity contribution is 7.13. The summed E-state index contributed by atoms with van der Waals surface area (Å²) in [4.78, 5) is 16.3. The highest BCUT2D eigenvalue weighted by atomic mass is 35.5. The van der Waals surface area contributed by atoms with Crippen LogP contribution in [0.2, 0.25) is 5.02 Å². The molecule has 9 heteroatoms. The van der Waals surface area contributed by atoms with Crippen LogP contribution in [0.5, 0.6) is 0 Å². The number of hydrogen-bond acceptors (Lipinski definition) is 4. The number of nitrogens with zero attached hydrogens (tertiary/aromatic N) is 2. The number of alkyl halides is 3. The monoisotopic (exact) mass is 399 g/mol. The molecule has 3 rings (SSSR count). The minimum absolute atomic E-state index is 0.103. The molecule has 2 heterocycles. The number of pyridine rings is 1. The van der Waals surface area contributed by atoms with Gasteiger partial charge in [0, 0.05) is 17.3 Å². The van der Waals surface area contributed by atoms with Gasteiger partial charge in [0.05, 0.1) is 17.8 Å². The number of anilines is 2. The SMILES string of the molecule is Cc1ccc(Nc2nc(Cn3cc(C(F)(F)F)cc(Cl)c3=O)cs2)cc1. The van der Waals surface area contributed by atoms with E-state index < -0.39 is 22.3 Å². The lowest BCUT2D eigenvalue weighted by Gasteiger charge is -2.11. The molecule has 26 heavy (non-hydrogen) atoms.